The van der Waals surface area contributed by atoms with E-state index in [2.05, 4.69) is 0 Å². The number of carbonyl (C=O) groups is 1. The number of allylic oxidation sites excluding steroid dienone is 1. The van der Waals surface area contributed by atoms with Gasteiger partial charge in [-0.2, -0.15) is 0 Å². The van der Waals surface area contributed by atoms with Crippen molar-refractivity contribution in [2.24, 2.45) is 0 Å². The molecule has 0 saturated carbocycles. The molecule has 1 aromatic rings. The maximum Gasteiger partial charge on any atom is 0.156 e. The van der Waals surface area contributed by atoms with Crippen molar-refractivity contribution < 1.29 is 4.79 Å². The van der Waals surface area contributed by atoms with Crippen LogP contribution >= 0.6 is 0 Å². The third kappa shape index (κ3) is 2.73. The molecular weight excluding hydrogens is 174 g/mol. The molecule has 1 aromatic carbocycles. The number of hydrogen-bond donors (Lipinski definition) is 0. The monoisotopic (exact) mass is 189 g/mol. The lowest BCUT2D eigenvalue weighted by Crippen LogP contribution is -2.10. The predicted molar refractivity (Wildman–Crippen MR) is 59.3 cm³/mol. The van der Waals surface area contributed by atoms with Gasteiger partial charge in [0, 0.05) is 24.5 Å². The molecular formula is C12H15NO. The molecule has 0 bridgehead atoms. The first-order valence-corrected chi connectivity index (χ1v) is 4.58. The van der Waals surface area contributed by atoms with Gasteiger partial charge in [0.15, 0.2) is 5.78 Å². The second-order valence-corrected chi connectivity index (χ2v) is 3.31. The van der Waals surface area contributed by atoms with Crippen LogP contribution in [0.4, 0.5) is 5.69 Å². The van der Waals surface area contributed by atoms with Crippen LogP contribution in [0.5, 0.6) is 0 Å². The van der Waals surface area contributed by atoms with E-state index in [0.29, 0.717) is 0 Å². The Kier molecular flexibility index (Phi) is 3.46. The summed E-state index contributed by atoms with van der Waals surface area (Å²) in [6, 6.07) is 9.93. The molecule has 0 aliphatic heterocycles. The van der Waals surface area contributed by atoms with E-state index in [1.54, 1.807) is 6.92 Å². The Bertz CT molecular complexity index is 341. The second-order valence-electron chi connectivity index (χ2n) is 3.31. The molecule has 0 amide bonds. The van der Waals surface area contributed by atoms with Crippen LogP contribution in [-0.4, -0.2) is 12.8 Å². The highest BCUT2D eigenvalue weighted by Gasteiger charge is 1.99. The van der Waals surface area contributed by atoms with Crippen LogP contribution in [0.15, 0.2) is 42.1 Å². The summed E-state index contributed by atoms with van der Waals surface area (Å²) in [6.07, 6.45) is 1.84. The summed E-state index contributed by atoms with van der Waals surface area (Å²) in [7, 11) is 1.93. The zero-order valence-corrected chi connectivity index (χ0v) is 8.82. The maximum absolute atomic E-state index is 11.0. The number of benzene rings is 1. The highest BCUT2D eigenvalue weighted by Crippen LogP contribution is 2.12. The van der Waals surface area contributed by atoms with Crippen LogP contribution in [0.25, 0.3) is 0 Å². The van der Waals surface area contributed by atoms with Gasteiger partial charge in [-0.05, 0) is 26.0 Å². The quantitative estimate of drug-likeness (QED) is 0.681. The molecule has 0 heterocycles. The van der Waals surface area contributed by atoms with E-state index in [0.717, 1.165) is 11.3 Å². The van der Waals surface area contributed by atoms with Crippen molar-refractivity contribution in [3.63, 3.8) is 0 Å². The van der Waals surface area contributed by atoms with E-state index in [4.69, 9.17) is 0 Å². The van der Waals surface area contributed by atoms with Crippen molar-refractivity contribution in [1.29, 1.82) is 0 Å². The summed E-state index contributed by atoms with van der Waals surface area (Å²) in [5.74, 6) is 0.104. The molecule has 2 heteroatoms. The van der Waals surface area contributed by atoms with E-state index in [-0.39, 0.29) is 5.78 Å². The summed E-state index contributed by atoms with van der Waals surface area (Å²) in [4.78, 5) is 13.0. The van der Waals surface area contributed by atoms with Gasteiger partial charge in [0.25, 0.3) is 0 Å². The fraction of sp³-hybridized carbons (Fsp3) is 0.250. The Labute approximate surface area is 84.9 Å². The van der Waals surface area contributed by atoms with E-state index < -0.39 is 0 Å². The molecule has 0 unspecified atom stereocenters. The topological polar surface area (TPSA) is 20.3 Å². The van der Waals surface area contributed by atoms with Gasteiger partial charge >= 0.3 is 0 Å². The molecule has 14 heavy (non-hydrogen) atoms. The molecule has 1 rings (SSSR count). The molecule has 0 spiro atoms. The standard InChI is InChI=1S/C12H15NO/c1-10(11(2)14)9-13(3)12-7-5-4-6-8-12/h4-9H,1-3H3. The fourth-order valence-electron chi connectivity index (χ4n) is 1.12. The zero-order chi connectivity index (χ0) is 10.6. The van der Waals surface area contributed by atoms with Gasteiger partial charge in [-0.25, -0.2) is 0 Å². The third-order valence-corrected chi connectivity index (χ3v) is 2.11. The lowest BCUT2D eigenvalue weighted by molar-refractivity contribution is -0.113. The summed E-state index contributed by atoms with van der Waals surface area (Å²) < 4.78 is 0. The smallest absolute Gasteiger partial charge is 0.156 e. The molecule has 0 fully saturated rings. The average molecular weight is 189 g/mol. The van der Waals surface area contributed by atoms with Crippen molar-refractivity contribution in [3.8, 4) is 0 Å². The minimum absolute atomic E-state index is 0.104. The Balaban J connectivity index is 2.82. The number of Topliss-reactive ketones (excluding diaryl/α,β-unsaturated/α-hetero) is 1. The van der Waals surface area contributed by atoms with Crippen LogP contribution in [0.3, 0.4) is 0 Å². The number of carbonyl (C=O) groups excluding carboxylic acids is 1. The summed E-state index contributed by atoms with van der Waals surface area (Å²) in [5, 5.41) is 0. The highest BCUT2D eigenvalue weighted by molar-refractivity contribution is 5.92. The van der Waals surface area contributed by atoms with E-state index >= 15 is 0 Å². The molecule has 74 valence electrons. The Morgan fingerprint density at radius 1 is 1.21 bits per heavy atom. The largest absolute Gasteiger partial charge is 0.351 e. The number of para-hydroxylation sites is 1. The number of rotatable bonds is 3. The Hall–Kier alpha value is -1.57. The van der Waals surface area contributed by atoms with E-state index in [9.17, 15) is 4.79 Å². The summed E-state index contributed by atoms with van der Waals surface area (Å²) in [5.41, 5.74) is 1.84. The maximum atomic E-state index is 11.0. The molecule has 0 N–H and O–H groups in total. The average Bonchev–Trinajstić information content (AvgIpc) is 2.19. The predicted octanol–water partition coefficient (Wildman–Crippen LogP) is 2.62. The molecule has 0 aliphatic carbocycles. The van der Waals surface area contributed by atoms with Crippen LogP contribution in [-0.2, 0) is 4.79 Å². The van der Waals surface area contributed by atoms with Gasteiger partial charge in [0.05, 0.1) is 0 Å². The van der Waals surface area contributed by atoms with Crippen molar-refractivity contribution in [3.05, 3.63) is 42.1 Å². The van der Waals surface area contributed by atoms with Gasteiger partial charge in [0.1, 0.15) is 0 Å². The molecule has 2 nitrogen and oxygen atoms in total. The normalized spacial score (nSPS) is 11.2. The number of nitrogens with zero attached hydrogens (tertiary/aromatic N) is 1. The number of ketones is 1. The molecule has 0 atom stereocenters. The van der Waals surface area contributed by atoms with E-state index in [1.165, 1.54) is 0 Å². The third-order valence-electron chi connectivity index (χ3n) is 2.11. The van der Waals surface area contributed by atoms with Gasteiger partial charge in [-0.15, -0.1) is 0 Å². The Morgan fingerprint density at radius 3 is 2.29 bits per heavy atom. The van der Waals surface area contributed by atoms with E-state index in [1.807, 2.05) is 55.4 Å². The molecule has 0 aliphatic rings. The van der Waals surface area contributed by atoms with Gasteiger partial charge < -0.3 is 4.90 Å². The SMILES string of the molecule is CC(=O)C(C)=CN(C)c1ccccc1. The van der Waals surface area contributed by atoms with Crippen molar-refractivity contribution in [1.82, 2.24) is 0 Å². The van der Waals surface area contributed by atoms with Crippen LogP contribution < -0.4 is 4.90 Å². The number of hydrogen-bond acceptors (Lipinski definition) is 2. The first-order chi connectivity index (χ1) is 6.61. The van der Waals surface area contributed by atoms with Crippen LogP contribution in [0, 0.1) is 0 Å². The summed E-state index contributed by atoms with van der Waals surface area (Å²) >= 11 is 0. The van der Waals surface area contributed by atoms with Gasteiger partial charge in [0.2, 0.25) is 0 Å². The molecule has 0 saturated heterocycles. The minimum Gasteiger partial charge on any atom is -0.351 e. The van der Waals surface area contributed by atoms with Crippen molar-refractivity contribution in [2.45, 2.75) is 13.8 Å². The van der Waals surface area contributed by atoms with Gasteiger partial charge in [-0.3, -0.25) is 4.79 Å². The van der Waals surface area contributed by atoms with Crippen LogP contribution in [0.1, 0.15) is 13.8 Å². The zero-order valence-electron chi connectivity index (χ0n) is 8.82. The number of anilines is 1. The second kappa shape index (κ2) is 4.61. The molecule has 0 aromatic heterocycles. The summed E-state index contributed by atoms with van der Waals surface area (Å²) in [6.45, 7) is 3.40. The first kappa shape index (κ1) is 10.5. The lowest BCUT2D eigenvalue weighted by atomic mass is 10.2. The van der Waals surface area contributed by atoms with Gasteiger partial charge in [-0.1, -0.05) is 18.2 Å². The Morgan fingerprint density at radius 2 is 1.79 bits per heavy atom. The minimum atomic E-state index is 0.104. The van der Waals surface area contributed by atoms with Crippen LogP contribution in [0.2, 0.25) is 0 Å². The van der Waals surface area contributed by atoms with Crippen molar-refractivity contribution >= 4 is 11.5 Å². The lowest BCUT2D eigenvalue weighted by Gasteiger charge is -2.14. The van der Waals surface area contributed by atoms with Crippen molar-refractivity contribution in [2.75, 3.05) is 11.9 Å². The first-order valence-electron chi connectivity index (χ1n) is 4.58. The molecule has 0 radical (unpaired) electrons. The fourth-order valence-corrected chi connectivity index (χ4v) is 1.12. The highest BCUT2D eigenvalue weighted by atomic mass is 16.1.